The van der Waals surface area contributed by atoms with Crippen LogP contribution in [0.15, 0.2) is 48.5 Å². The first-order valence-electron chi connectivity index (χ1n) is 6.85. The zero-order chi connectivity index (χ0) is 17.5. The first-order valence-corrected chi connectivity index (χ1v) is 7.93. The Hall–Kier alpha value is -2.16. The topological polar surface area (TPSA) is 47.6 Å². The molecule has 126 valence electrons. The molecule has 0 fully saturated rings. The summed E-state index contributed by atoms with van der Waals surface area (Å²) >= 11 is 2.18. The zero-order valence-corrected chi connectivity index (χ0v) is 14.8. The number of methoxy groups -OCH3 is 1. The summed E-state index contributed by atoms with van der Waals surface area (Å²) in [5.74, 6) is -0.202. The standard InChI is InChI=1S/C17H14F2INO3/c1-23-15-10-11(2-8-14(15)24-17(18)19)3-9-16(22)21-13-6-4-12(20)5-7-13/h2-10,17H,1H3,(H,21,22). The van der Waals surface area contributed by atoms with Crippen LogP contribution >= 0.6 is 22.6 Å². The third kappa shape index (κ3) is 5.48. The molecular formula is C17H14F2INO3. The highest BCUT2D eigenvalue weighted by molar-refractivity contribution is 14.1. The second kappa shape index (κ2) is 8.62. The minimum Gasteiger partial charge on any atom is -0.493 e. The van der Waals surface area contributed by atoms with E-state index in [9.17, 15) is 13.6 Å². The van der Waals surface area contributed by atoms with Crippen LogP contribution in [0.3, 0.4) is 0 Å². The van der Waals surface area contributed by atoms with Crippen LogP contribution in [0, 0.1) is 3.57 Å². The highest BCUT2D eigenvalue weighted by atomic mass is 127. The van der Waals surface area contributed by atoms with Crippen molar-refractivity contribution in [3.63, 3.8) is 0 Å². The van der Waals surface area contributed by atoms with Gasteiger partial charge in [-0.1, -0.05) is 6.07 Å². The van der Waals surface area contributed by atoms with E-state index in [4.69, 9.17) is 4.74 Å². The predicted molar refractivity (Wildman–Crippen MR) is 96.4 cm³/mol. The van der Waals surface area contributed by atoms with E-state index in [0.29, 0.717) is 11.3 Å². The summed E-state index contributed by atoms with van der Waals surface area (Å²) in [6, 6.07) is 11.8. The van der Waals surface area contributed by atoms with Crippen LogP contribution < -0.4 is 14.8 Å². The van der Waals surface area contributed by atoms with Crippen molar-refractivity contribution >= 4 is 40.3 Å². The Morgan fingerprint density at radius 1 is 1.17 bits per heavy atom. The maximum atomic E-state index is 12.3. The summed E-state index contributed by atoms with van der Waals surface area (Å²) < 4.78 is 35.0. The molecule has 1 N–H and O–H groups in total. The van der Waals surface area contributed by atoms with E-state index in [0.717, 1.165) is 3.57 Å². The van der Waals surface area contributed by atoms with E-state index in [-0.39, 0.29) is 17.4 Å². The van der Waals surface area contributed by atoms with Crippen LogP contribution in [-0.2, 0) is 4.79 Å². The number of alkyl halides is 2. The highest BCUT2D eigenvalue weighted by Gasteiger charge is 2.10. The van der Waals surface area contributed by atoms with Gasteiger partial charge in [0.15, 0.2) is 11.5 Å². The second-order valence-corrected chi connectivity index (χ2v) is 5.86. The van der Waals surface area contributed by atoms with Crippen molar-refractivity contribution in [1.82, 2.24) is 0 Å². The summed E-state index contributed by atoms with van der Waals surface area (Å²) in [7, 11) is 1.35. The fourth-order valence-corrected chi connectivity index (χ4v) is 2.23. The van der Waals surface area contributed by atoms with E-state index < -0.39 is 6.61 Å². The number of hydrogen-bond donors (Lipinski definition) is 1. The third-order valence-corrected chi connectivity index (χ3v) is 3.66. The van der Waals surface area contributed by atoms with Crippen molar-refractivity contribution in [3.8, 4) is 11.5 Å². The van der Waals surface area contributed by atoms with E-state index in [1.54, 1.807) is 24.3 Å². The van der Waals surface area contributed by atoms with Crippen molar-refractivity contribution < 1.29 is 23.0 Å². The van der Waals surface area contributed by atoms with Gasteiger partial charge in [0.25, 0.3) is 0 Å². The summed E-state index contributed by atoms with van der Waals surface area (Å²) in [5.41, 5.74) is 1.30. The van der Waals surface area contributed by atoms with Gasteiger partial charge in [0, 0.05) is 15.3 Å². The summed E-state index contributed by atoms with van der Waals surface area (Å²) in [6.45, 7) is -2.93. The number of amides is 1. The third-order valence-electron chi connectivity index (χ3n) is 2.94. The number of nitrogens with one attached hydrogen (secondary N) is 1. The number of carbonyl (C=O) groups is 1. The van der Waals surface area contributed by atoms with Gasteiger partial charge in [-0.15, -0.1) is 0 Å². The van der Waals surface area contributed by atoms with Crippen molar-refractivity contribution in [2.45, 2.75) is 6.61 Å². The van der Waals surface area contributed by atoms with Crippen LogP contribution in [0.1, 0.15) is 5.56 Å². The molecule has 7 heteroatoms. The lowest BCUT2D eigenvalue weighted by molar-refractivity contribution is -0.111. The maximum Gasteiger partial charge on any atom is 0.387 e. The Morgan fingerprint density at radius 2 is 1.88 bits per heavy atom. The van der Waals surface area contributed by atoms with Gasteiger partial charge in [-0.25, -0.2) is 0 Å². The monoisotopic (exact) mass is 445 g/mol. The molecule has 0 unspecified atom stereocenters. The van der Waals surface area contributed by atoms with Crippen molar-refractivity contribution in [1.29, 1.82) is 0 Å². The first-order chi connectivity index (χ1) is 11.5. The minimum absolute atomic E-state index is 0.0620. The summed E-state index contributed by atoms with van der Waals surface area (Å²) in [5, 5.41) is 2.72. The van der Waals surface area contributed by atoms with Gasteiger partial charge in [-0.2, -0.15) is 8.78 Å². The van der Waals surface area contributed by atoms with E-state index >= 15 is 0 Å². The number of halogens is 3. The quantitative estimate of drug-likeness (QED) is 0.525. The Kier molecular flexibility index (Phi) is 6.53. The lowest BCUT2D eigenvalue weighted by Crippen LogP contribution is -2.07. The SMILES string of the molecule is COc1cc(C=CC(=O)Nc2ccc(I)cc2)ccc1OC(F)F. The Morgan fingerprint density at radius 3 is 2.50 bits per heavy atom. The van der Waals surface area contributed by atoms with Crippen molar-refractivity contribution in [2.75, 3.05) is 12.4 Å². The van der Waals surface area contributed by atoms with E-state index in [1.807, 2.05) is 12.1 Å². The highest BCUT2D eigenvalue weighted by Crippen LogP contribution is 2.29. The Balaban J connectivity index is 2.05. The van der Waals surface area contributed by atoms with Gasteiger partial charge >= 0.3 is 6.61 Å². The number of ether oxygens (including phenoxy) is 2. The van der Waals surface area contributed by atoms with Gasteiger partial charge in [-0.05, 0) is 70.6 Å². The number of anilines is 1. The molecule has 0 atom stereocenters. The van der Waals surface area contributed by atoms with Gasteiger partial charge < -0.3 is 14.8 Å². The van der Waals surface area contributed by atoms with Crippen LogP contribution in [0.25, 0.3) is 6.08 Å². The smallest absolute Gasteiger partial charge is 0.387 e. The van der Waals surface area contributed by atoms with Crippen molar-refractivity contribution in [3.05, 3.63) is 57.7 Å². The van der Waals surface area contributed by atoms with Crippen molar-refractivity contribution in [2.24, 2.45) is 0 Å². The zero-order valence-electron chi connectivity index (χ0n) is 12.6. The molecule has 0 spiro atoms. The number of carbonyl (C=O) groups excluding carboxylic acids is 1. The van der Waals surface area contributed by atoms with Gasteiger partial charge in [0.05, 0.1) is 7.11 Å². The van der Waals surface area contributed by atoms with Gasteiger partial charge in [0.2, 0.25) is 5.91 Å². The molecule has 0 bridgehead atoms. The van der Waals surface area contributed by atoms with E-state index in [1.165, 1.54) is 25.3 Å². The van der Waals surface area contributed by atoms with Crippen LogP contribution in [0.2, 0.25) is 0 Å². The molecule has 0 aliphatic carbocycles. The second-order valence-electron chi connectivity index (χ2n) is 4.62. The van der Waals surface area contributed by atoms with Crippen LogP contribution in [0.5, 0.6) is 11.5 Å². The molecule has 2 aromatic carbocycles. The number of rotatable bonds is 6. The fourth-order valence-electron chi connectivity index (χ4n) is 1.87. The molecule has 0 aromatic heterocycles. The molecule has 0 radical (unpaired) electrons. The average molecular weight is 445 g/mol. The molecule has 0 aliphatic rings. The molecule has 2 rings (SSSR count). The maximum absolute atomic E-state index is 12.3. The normalized spacial score (nSPS) is 10.9. The molecule has 0 aliphatic heterocycles. The summed E-state index contributed by atoms with van der Waals surface area (Å²) in [4.78, 5) is 11.9. The largest absolute Gasteiger partial charge is 0.493 e. The molecular weight excluding hydrogens is 431 g/mol. The molecule has 0 saturated heterocycles. The van der Waals surface area contributed by atoms with Gasteiger partial charge in [0.1, 0.15) is 0 Å². The van der Waals surface area contributed by atoms with Gasteiger partial charge in [-0.3, -0.25) is 4.79 Å². The predicted octanol–water partition coefficient (Wildman–Crippen LogP) is 4.55. The minimum atomic E-state index is -2.93. The molecule has 1 amide bonds. The van der Waals surface area contributed by atoms with Crippen LogP contribution in [-0.4, -0.2) is 19.6 Å². The number of benzene rings is 2. The Labute approximate surface area is 151 Å². The Bertz CT molecular complexity index is 733. The molecule has 4 nitrogen and oxygen atoms in total. The van der Waals surface area contributed by atoms with Crippen LogP contribution in [0.4, 0.5) is 14.5 Å². The molecule has 2 aromatic rings. The summed E-state index contributed by atoms with van der Waals surface area (Å²) in [6.07, 6.45) is 2.90. The lowest BCUT2D eigenvalue weighted by Gasteiger charge is -2.10. The molecule has 24 heavy (non-hydrogen) atoms. The number of hydrogen-bond acceptors (Lipinski definition) is 3. The molecule has 0 saturated carbocycles. The fraction of sp³-hybridized carbons (Fsp3) is 0.118. The average Bonchev–Trinajstić information content (AvgIpc) is 2.55. The molecule has 0 heterocycles. The first kappa shape index (κ1) is 18.2. The lowest BCUT2D eigenvalue weighted by atomic mass is 10.2. The van der Waals surface area contributed by atoms with E-state index in [2.05, 4.69) is 32.6 Å².